The first-order valence-corrected chi connectivity index (χ1v) is 3.21. The van der Waals surface area contributed by atoms with Gasteiger partial charge in [-0.05, 0) is 0 Å². The van der Waals surface area contributed by atoms with Crippen molar-refractivity contribution in [3.63, 3.8) is 0 Å². The molecule has 0 aromatic heterocycles. The van der Waals surface area contributed by atoms with E-state index in [2.05, 4.69) is 25.1 Å². The van der Waals surface area contributed by atoms with Gasteiger partial charge in [-0.15, -0.1) is 13.2 Å². The van der Waals surface area contributed by atoms with E-state index < -0.39 is 0 Å². The molecule has 0 fully saturated rings. The van der Waals surface area contributed by atoms with E-state index in [1.54, 1.807) is 23.1 Å². The number of nitrogens with zero attached hydrogens (tertiary/aromatic N) is 2. The first kappa shape index (κ1) is 9.33. The maximum Gasteiger partial charge on any atom is 0.154 e. The molecule has 0 unspecified atom stereocenters. The lowest BCUT2D eigenvalue weighted by Gasteiger charge is -2.10. The summed E-state index contributed by atoms with van der Waals surface area (Å²) in [4.78, 5) is 1.75. The average molecular weight is 146 g/mol. The average Bonchev–Trinajstić information content (AvgIpc) is 2.01. The van der Waals surface area contributed by atoms with Crippen LogP contribution in [0.1, 0.15) is 0 Å². The molecule has 0 atom stereocenters. The van der Waals surface area contributed by atoms with Gasteiger partial charge < -0.3 is 4.90 Å². The quantitative estimate of drug-likeness (QED) is 0.338. The van der Waals surface area contributed by atoms with E-state index in [-0.39, 0.29) is 0 Å². The summed E-state index contributed by atoms with van der Waals surface area (Å²) in [6.07, 6.45) is 3.46. The zero-order valence-corrected chi connectivity index (χ0v) is 6.38. The highest BCUT2D eigenvalue weighted by Gasteiger charge is 1.89. The maximum atomic E-state index is 8.15. The molecule has 0 N–H and O–H groups in total. The van der Waals surface area contributed by atoms with Crippen LogP contribution in [0.15, 0.2) is 25.3 Å². The highest BCUT2D eigenvalue weighted by Crippen LogP contribution is 1.84. The van der Waals surface area contributed by atoms with Gasteiger partial charge in [-0.25, -0.2) is 0 Å². The number of hydrogen-bond acceptors (Lipinski definition) is 2. The normalized spacial score (nSPS) is 6.82. The van der Waals surface area contributed by atoms with Crippen molar-refractivity contribution in [1.29, 1.82) is 5.26 Å². The lowest BCUT2D eigenvalue weighted by molar-refractivity contribution is 0.491. The topological polar surface area (TPSA) is 27.0 Å². The summed E-state index contributed by atoms with van der Waals surface area (Å²) < 4.78 is 0. The van der Waals surface area contributed by atoms with Crippen molar-refractivity contribution in [2.24, 2.45) is 0 Å². The van der Waals surface area contributed by atoms with Crippen molar-refractivity contribution < 1.29 is 0 Å². The monoisotopic (exact) mass is 146 g/mol. The highest BCUT2D eigenvalue weighted by molar-refractivity contribution is 5.16. The van der Waals surface area contributed by atoms with E-state index in [1.165, 1.54) is 0 Å². The minimum Gasteiger partial charge on any atom is -0.324 e. The van der Waals surface area contributed by atoms with Crippen molar-refractivity contribution in [2.45, 2.75) is 0 Å². The SMILES string of the molecule is C=CCN(C#CC#N)CC=C. The Morgan fingerprint density at radius 1 is 1.27 bits per heavy atom. The third-order valence-corrected chi connectivity index (χ3v) is 0.969. The molecule has 0 saturated carbocycles. The molecular formula is C9H10N2. The Bertz CT molecular complexity index is 214. The minimum absolute atomic E-state index is 0.653. The van der Waals surface area contributed by atoms with E-state index in [4.69, 9.17) is 5.26 Å². The largest absolute Gasteiger partial charge is 0.324 e. The van der Waals surface area contributed by atoms with Crippen LogP contribution in [0.4, 0.5) is 0 Å². The van der Waals surface area contributed by atoms with Crippen molar-refractivity contribution >= 4 is 0 Å². The summed E-state index contributed by atoms with van der Waals surface area (Å²) in [6, 6.07) is 4.39. The Labute approximate surface area is 67.4 Å². The van der Waals surface area contributed by atoms with E-state index in [0.717, 1.165) is 0 Å². The predicted molar refractivity (Wildman–Crippen MR) is 45.4 cm³/mol. The van der Waals surface area contributed by atoms with Crippen LogP contribution in [-0.4, -0.2) is 18.0 Å². The molecule has 0 amide bonds. The molecule has 0 rings (SSSR count). The van der Waals surface area contributed by atoms with Crippen LogP contribution in [-0.2, 0) is 0 Å². The van der Waals surface area contributed by atoms with E-state index >= 15 is 0 Å². The van der Waals surface area contributed by atoms with Gasteiger partial charge in [0.15, 0.2) is 6.07 Å². The third-order valence-electron chi connectivity index (χ3n) is 0.969. The zero-order chi connectivity index (χ0) is 8.53. The Balaban J connectivity index is 3.99. The van der Waals surface area contributed by atoms with Gasteiger partial charge in [0.2, 0.25) is 0 Å². The Kier molecular flexibility index (Phi) is 5.47. The van der Waals surface area contributed by atoms with Gasteiger partial charge in [0.1, 0.15) is 0 Å². The second-order valence-corrected chi connectivity index (χ2v) is 1.83. The molecular weight excluding hydrogens is 136 g/mol. The van der Waals surface area contributed by atoms with Gasteiger partial charge >= 0.3 is 0 Å². The molecule has 0 radical (unpaired) electrons. The first-order chi connectivity index (χ1) is 5.35. The lowest BCUT2D eigenvalue weighted by Crippen LogP contribution is -2.17. The fourth-order valence-electron chi connectivity index (χ4n) is 0.582. The molecule has 2 heteroatoms. The van der Waals surface area contributed by atoms with Gasteiger partial charge in [-0.1, -0.05) is 12.2 Å². The van der Waals surface area contributed by atoms with Crippen LogP contribution in [0.2, 0.25) is 0 Å². The van der Waals surface area contributed by atoms with Crippen molar-refractivity contribution in [3.05, 3.63) is 25.3 Å². The van der Waals surface area contributed by atoms with Crippen LogP contribution in [0.5, 0.6) is 0 Å². The number of rotatable bonds is 4. The molecule has 2 nitrogen and oxygen atoms in total. The van der Waals surface area contributed by atoms with Gasteiger partial charge in [0.05, 0.1) is 0 Å². The van der Waals surface area contributed by atoms with E-state index in [0.29, 0.717) is 13.1 Å². The third kappa shape index (κ3) is 4.81. The molecule has 0 aliphatic carbocycles. The fraction of sp³-hybridized carbons (Fsp3) is 0.222. The molecule has 0 bridgehead atoms. The molecule has 56 valence electrons. The van der Waals surface area contributed by atoms with Crippen molar-refractivity contribution in [2.75, 3.05) is 13.1 Å². The summed E-state index contributed by atoms with van der Waals surface area (Å²) in [5.74, 6) is 2.30. The standard InChI is InChI=1S/C9H10N2/c1-3-7-11(8-4-2)9-5-6-10/h3-4H,1-2,7-8H2. The molecule has 0 aromatic rings. The van der Waals surface area contributed by atoms with Crippen LogP contribution in [0.3, 0.4) is 0 Å². The Morgan fingerprint density at radius 3 is 2.18 bits per heavy atom. The fourth-order valence-corrected chi connectivity index (χ4v) is 0.582. The Hall–Kier alpha value is -1.67. The molecule has 11 heavy (non-hydrogen) atoms. The van der Waals surface area contributed by atoms with E-state index in [9.17, 15) is 0 Å². The number of hydrogen-bond donors (Lipinski definition) is 0. The smallest absolute Gasteiger partial charge is 0.154 e. The van der Waals surface area contributed by atoms with Crippen molar-refractivity contribution in [1.82, 2.24) is 4.90 Å². The number of nitriles is 1. The predicted octanol–water partition coefficient (Wildman–Crippen LogP) is 1.14. The summed E-state index contributed by atoms with van der Waals surface area (Å²) in [6.45, 7) is 8.44. The molecule has 0 spiro atoms. The van der Waals surface area contributed by atoms with E-state index in [1.807, 2.05) is 0 Å². The lowest BCUT2D eigenvalue weighted by atomic mass is 10.5. The Morgan fingerprint density at radius 2 is 1.82 bits per heavy atom. The highest BCUT2D eigenvalue weighted by atomic mass is 15.1. The van der Waals surface area contributed by atoms with Gasteiger partial charge in [-0.3, -0.25) is 0 Å². The molecule has 0 heterocycles. The van der Waals surface area contributed by atoms with Crippen LogP contribution < -0.4 is 0 Å². The zero-order valence-electron chi connectivity index (χ0n) is 6.38. The van der Waals surface area contributed by atoms with Crippen LogP contribution in [0, 0.1) is 23.3 Å². The maximum absolute atomic E-state index is 8.15. The molecule has 0 saturated heterocycles. The first-order valence-electron chi connectivity index (χ1n) is 3.21. The van der Waals surface area contributed by atoms with Gasteiger partial charge in [0.25, 0.3) is 0 Å². The summed E-state index contributed by atoms with van der Waals surface area (Å²) in [7, 11) is 0. The summed E-state index contributed by atoms with van der Waals surface area (Å²) >= 11 is 0. The summed E-state index contributed by atoms with van der Waals surface area (Å²) in [5, 5.41) is 8.15. The second-order valence-electron chi connectivity index (χ2n) is 1.83. The van der Waals surface area contributed by atoms with Crippen LogP contribution in [0.25, 0.3) is 0 Å². The minimum atomic E-state index is 0.653. The molecule has 0 aromatic carbocycles. The van der Waals surface area contributed by atoms with Crippen LogP contribution >= 0.6 is 0 Å². The van der Waals surface area contributed by atoms with Gasteiger partial charge in [-0.2, -0.15) is 5.26 Å². The summed E-state index contributed by atoms with van der Waals surface area (Å²) in [5.41, 5.74) is 0. The second kappa shape index (κ2) is 6.45. The van der Waals surface area contributed by atoms with Crippen molar-refractivity contribution in [3.8, 4) is 18.0 Å². The molecule has 0 aliphatic rings. The molecule has 0 aliphatic heterocycles. The van der Waals surface area contributed by atoms with Gasteiger partial charge in [0, 0.05) is 25.1 Å².